The highest BCUT2D eigenvalue weighted by Crippen LogP contribution is 2.42. The lowest BCUT2D eigenvalue weighted by atomic mass is 9.67. The molecule has 3 fully saturated rings. The Balaban J connectivity index is 1.25. The number of likely N-dealkylation sites (tertiary alicyclic amines) is 1. The molecule has 0 aromatic rings. The molecule has 2 heteroatoms. The summed E-state index contributed by atoms with van der Waals surface area (Å²) in [6.45, 7) is 6.56. The number of rotatable bonds is 6. The van der Waals surface area contributed by atoms with E-state index in [0.717, 1.165) is 17.8 Å². The van der Waals surface area contributed by atoms with Crippen molar-refractivity contribution in [1.82, 2.24) is 10.2 Å². The van der Waals surface area contributed by atoms with Crippen LogP contribution in [0.5, 0.6) is 0 Å². The Morgan fingerprint density at radius 1 is 0.850 bits per heavy atom. The summed E-state index contributed by atoms with van der Waals surface area (Å²) in [5.41, 5.74) is 0. The second-order valence-corrected chi connectivity index (χ2v) is 7.59. The molecule has 3 atom stereocenters. The number of fused-ring (bicyclic) bond motifs is 1. The molecule has 3 aliphatic rings. The van der Waals surface area contributed by atoms with E-state index < -0.39 is 0 Å². The van der Waals surface area contributed by atoms with E-state index in [1.165, 1.54) is 90.5 Å². The smallest absolute Gasteiger partial charge is 0.000664 e. The zero-order valence-electron chi connectivity index (χ0n) is 13.3. The summed E-state index contributed by atoms with van der Waals surface area (Å²) in [5.74, 6) is 3.19. The molecule has 116 valence electrons. The van der Waals surface area contributed by atoms with E-state index in [0.29, 0.717) is 0 Å². The molecule has 2 aliphatic carbocycles. The molecule has 0 radical (unpaired) electrons. The molecule has 1 N–H and O–H groups in total. The third kappa shape index (κ3) is 4.21. The van der Waals surface area contributed by atoms with E-state index in [4.69, 9.17) is 0 Å². The van der Waals surface area contributed by atoms with E-state index in [9.17, 15) is 0 Å². The molecule has 1 saturated heterocycles. The van der Waals surface area contributed by atoms with E-state index in [2.05, 4.69) is 10.2 Å². The van der Waals surface area contributed by atoms with Gasteiger partial charge in [-0.25, -0.2) is 0 Å². The van der Waals surface area contributed by atoms with Crippen LogP contribution in [0.4, 0.5) is 0 Å². The van der Waals surface area contributed by atoms with Crippen LogP contribution in [-0.2, 0) is 0 Å². The van der Waals surface area contributed by atoms with Crippen LogP contribution >= 0.6 is 0 Å². The molecule has 0 amide bonds. The fourth-order valence-corrected chi connectivity index (χ4v) is 4.90. The molecule has 20 heavy (non-hydrogen) atoms. The first kappa shape index (κ1) is 14.8. The van der Waals surface area contributed by atoms with Gasteiger partial charge in [0.05, 0.1) is 0 Å². The Bertz CT molecular complexity index is 273. The minimum absolute atomic E-state index is 0.987. The van der Waals surface area contributed by atoms with Crippen molar-refractivity contribution in [3.63, 3.8) is 0 Å². The van der Waals surface area contributed by atoms with Gasteiger partial charge in [-0.15, -0.1) is 0 Å². The summed E-state index contributed by atoms with van der Waals surface area (Å²) in [6, 6.07) is 0. The van der Waals surface area contributed by atoms with Gasteiger partial charge in [-0.2, -0.15) is 0 Å². The molecule has 1 heterocycles. The average molecular weight is 278 g/mol. The summed E-state index contributed by atoms with van der Waals surface area (Å²) in [7, 11) is 0. The van der Waals surface area contributed by atoms with Crippen molar-refractivity contribution in [1.29, 1.82) is 0 Å². The topological polar surface area (TPSA) is 15.3 Å². The lowest BCUT2D eigenvalue weighted by Crippen LogP contribution is -2.34. The number of hydrogen-bond donors (Lipinski definition) is 1. The normalized spacial score (nSPS) is 35.1. The van der Waals surface area contributed by atoms with Crippen molar-refractivity contribution < 1.29 is 0 Å². The molecule has 3 rings (SSSR count). The van der Waals surface area contributed by atoms with Crippen molar-refractivity contribution in [3.05, 3.63) is 0 Å². The van der Waals surface area contributed by atoms with E-state index in [1.54, 1.807) is 6.42 Å². The number of hydrogen-bond acceptors (Lipinski definition) is 2. The van der Waals surface area contributed by atoms with Gasteiger partial charge in [-0.1, -0.05) is 25.7 Å². The van der Waals surface area contributed by atoms with E-state index in [1.807, 2.05) is 0 Å². The Labute approximate surface area is 125 Å². The highest BCUT2D eigenvalue weighted by molar-refractivity contribution is 4.83. The molecular formula is C18H34N2. The zero-order valence-corrected chi connectivity index (χ0v) is 13.3. The van der Waals surface area contributed by atoms with Crippen molar-refractivity contribution in [2.45, 2.75) is 64.2 Å². The predicted octanol–water partition coefficient (Wildman–Crippen LogP) is 3.67. The van der Waals surface area contributed by atoms with Gasteiger partial charge in [0.25, 0.3) is 0 Å². The van der Waals surface area contributed by atoms with Crippen LogP contribution in [0, 0.1) is 17.8 Å². The first-order valence-corrected chi connectivity index (χ1v) is 9.35. The van der Waals surface area contributed by atoms with Gasteiger partial charge >= 0.3 is 0 Å². The Morgan fingerprint density at radius 3 is 2.50 bits per heavy atom. The van der Waals surface area contributed by atoms with Crippen LogP contribution in [0.15, 0.2) is 0 Å². The molecular weight excluding hydrogens is 244 g/mol. The molecule has 1 aliphatic heterocycles. The maximum Gasteiger partial charge on any atom is -0.000664 e. The minimum atomic E-state index is 0.987. The third-order valence-corrected chi connectivity index (χ3v) is 6.11. The zero-order chi connectivity index (χ0) is 13.6. The molecule has 3 unspecified atom stereocenters. The summed E-state index contributed by atoms with van der Waals surface area (Å²) in [5, 5.41) is 3.75. The molecule has 0 aromatic heterocycles. The van der Waals surface area contributed by atoms with Crippen LogP contribution in [0.3, 0.4) is 0 Å². The van der Waals surface area contributed by atoms with Crippen LogP contribution in [0.2, 0.25) is 0 Å². The SMILES string of the molecule is C1CCC2CC(CNCCCN3CCCC3)CCC2C1. The summed E-state index contributed by atoms with van der Waals surface area (Å²) >= 11 is 0. The van der Waals surface area contributed by atoms with Crippen LogP contribution < -0.4 is 5.32 Å². The largest absolute Gasteiger partial charge is 0.316 e. The molecule has 2 saturated carbocycles. The number of nitrogens with one attached hydrogen (secondary N) is 1. The molecule has 0 aromatic carbocycles. The van der Waals surface area contributed by atoms with Crippen molar-refractivity contribution in [2.75, 3.05) is 32.7 Å². The lowest BCUT2D eigenvalue weighted by molar-refractivity contribution is 0.128. The second kappa shape index (κ2) is 7.79. The van der Waals surface area contributed by atoms with Gasteiger partial charge in [-0.05, 0) is 89.0 Å². The van der Waals surface area contributed by atoms with Crippen molar-refractivity contribution in [3.8, 4) is 0 Å². The van der Waals surface area contributed by atoms with E-state index in [-0.39, 0.29) is 0 Å². The van der Waals surface area contributed by atoms with Crippen molar-refractivity contribution in [2.24, 2.45) is 17.8 Å². The van der Waals surface area contributed by atoms with Gasteiger partial charge in [-0.3, -0.25) is 0 Å². The van der Waals surface area contributed by atoms with Gasteiger partial charge in [0.15, 0.2) is 0 Å². The van der Waals surface area contributed by atoms with Crippen LogP contribution in [0.1, 0.15) is 64.2 Å². The van der Waals surface area contributed by atoms with Crippen LogP contribution in [0.25, 0.3) is 0 Å². The van der Waals surface area contributed by atoms with Gasteiger partial charge in [0, 0.05) is 0 Å². The highest BCUT2D eigenvalue weighted by Gasteiger charge is 2.31. The lowest BCUT2D eigenvalue weighted by Gasteiger charge is -2.39. The van der Waals surface area contributed by atoms with Gasteiger partial charge < -0.3 is 10.2 Å². The number of nitrogens with zero attached hydrogens (tertiary/aromatic N) is 1. The monoisotopic (exact) mass is 278 g/mol. The quantitative estimate of drug-likeness (QED) is 0.746. The van der Waals surface area contributed by atoms with Gasteiger partial charge in [0.1, 0.15) is 0 Å². The second-order valence-electron chi connectivity index (χ2n) is 7.59. The Kier molecular flexibility index (Phi) is 5.78. The Morgan fingerprint density at radius 2 is 1.65 bits per heavy atom. The summed E-state index contributed by atoms with van der Waals surface area (Å²) < 4.78 is 0. The summed E-state index contributed by atoms with van der Waals surface area (Å²) in [4.78, 5) is 2.63. The highest BCUT2D eigenvalue weighted by atomic mass is 15.1. The van der Waals surface area contributed by atoms with E-state index >= 15 is 0 Å². The van der Waals surface area contributed by atoms with Gasteiger partial charge in [0.2, 0.25) is 0 Å². The standard InChI is InChI=1S/C18H34N2/c1-2-7-18-14-16(8-9-17(18)6-1)15-19-10-5-13-20-11-3-4-12-20/h16-19H,1-15H2. The predicted molar refractivity (Wildman–Crippen MR) is 85.9 cm³/mol. The minimum Gasteiger partial charge on any atom is -0.316 e. The first-order chi connectivity index (χ1) is 9.92. The Hall–Kier alpha value is -0.0800. The first-order valence-electron chi connectivity index (χ1n) is 9.35. The fourth-order valence-electron chi connectivity index (χ4n) is 4.90. The maximum atomic E-state index is 3.75. The summed E-state index contributed by atoms with van der Waals surface area (Å²) in [6.07, 6.45) is 14.9. The maximum absolute atomic E-state index is 3.75. The molecule has 0 spiro atoms. The average Bonchev–Trinajstić information content (AvgIpc) is 3.00. The van der Waals surface area contributed by atoms with Crippen LogP contribution in [-0.4, -0.2) is 37.6 Å². The van der Waals surface area contributed by atoms with Crippen molar-refractivity contribution >= 4 is 0 Å². The molecule has 0 bridgehead atoms. The fraction of sp³-hybridized carbons (Fsp3) is 1.00. The molecule has 2 nitrogen and oxygen atoms in total. The third-order valence-electron chi connectivity index (χ3n) is 6.11.